The van der Waals surface area contributed by atoms with Crippen molar-refractivity contribution in [3.05, 3.63) is 64.1 Å². The molecule has 1 saturated heterocycles. The molecule has 1 heterocycles. The normalized spacial score (nSPS) is 21.9. The van der Waals surface area contributed by atoms with E-state index >= 15 is 0 Å². The van der Waals surface area contributed by atoms with Crippen molar-refractivity contribution in [2.45, 2.75) is 17.5 Å². The highest BCUT2D eigenvalue weighted by Gasteiger charge is 2.39. The molecule has 0 radical (unpaired) electrons. The van der Waals surface area contributed by atoms with Gasteiger partial charge in [0.15, 0.2) is 0 Å². The van der Waals surface area contributed by atoms with Crippen LogP contribution in [0.2, 0.25) is 10.0 Å². The average Bonchev–Trinajstić information content (AvgIpc) is 2.75. The number of benzene rings is 2. The number of anilines is 1. The molecule has 2 aromatic rings. The molecule has 3 rings (SSSR count). The van der Waals surface area contributed by atoms with Gasteiger partial charge in [0.25, 0.3) is 0 Å². The van der Waals surface area contributed by atoms with Crippen LogP contribution < -0.4 is 4.90 Å². The molecule has 0 aromatic heterocycles. The van der Waals surface area contributed by atoms with Gasteiger partial charge in [-0.3, -0.25) is 9.69 Å². The summed E-state index contributed by atoms with van der Waals surface area (Å²) < 4.78 is 0. The lowest BCUT2D eigenvalue weighted by Gasteiger charge is -2.24. The van der Waals surface area contributed by atoms with Crippen molar-refractivity contribution in [1.82, 2.24) is 0 Å². The van der Waals surface area contributed by atoms with Crippen LogP contribution in [0.25, 0.3) is 0 Å². The second-order valence-electron chi connectivity index (χ2n) is 4.88. The molecule has 0 spiro atoms. The smallest absolute Gasteiger partial charge is 0.241 e. The van der Waals surface area contributed by atoms with Crippen LogP contribution in [-0.2, 0) is 4.79 Å². The predicted molar refractivity (Wildman–Crippen MR) is 90.2 cm³/mol. The van der Waals surface area contributed by atoms with Crippen molar-refractivity contribution in [1.29, 1.82) is 0 Å². The maximum absolute atomic E-state index is 12.5. The SMILES string of the molecule is CC1SC(c2ccccc2)N(c2cc(Cl)cc(Cl)c2)C1=O. The predicted octanol–water partition coefficient (Wildman–Crippen LogP) is 5.16. The molecule has 5 heteroatoms. The standard InChI is InChI=1S/C16H13Cl2NOS/c1-10-15(20)19(14-8-12(17)7-13(18)9-14)16(21-10)11-5-3-2-4-6-11/h2-10,16H,1H3. The first-order valence-corrected chi connectivity index (χ1v) is 8.26. The Kier molecular flexibility index (Phi) is 4.16. The monoisotopic (exact) mass is 337 g/mol. The van der Waals surface area contributed by atoms with E-state index in [1.54, 1.807) is 34.9 Å². The van der Waals surface area contributed by atoms with Crippen LogP contribution in [0.15, 0.2) is 48.5 Å². The molecule has 1 fully saturated rings. The zero-order valence-electron chi connectivity index (χ0n) is 11.3. The number of carbonyl (C=O) groups excluding carboxylic acids is 1. The minimum atomic E-state index is -0.0898. The fourth-order valence-electron chi connectivity index (χ4n) is 2.41. The third-order valence-corrected chi connectivity index (χ3v) is 5.15. The van der Waals surface area contributed by atoms with E-state index < -0.39 is 0 Å². The number of rotatable bonds is 2. The molecule has 2 atom stereocenters. The van der Waals surface area contributed by atoms with Gasteiger partial charge in [0.05, 0.1) is 5.25 Å². The molecule has 1 aliphatic rings. The first-order chi connectivity index (χ1) is 10.1. The van der Waals surface area contributed by atoms with Gasteiger partial charge >= 0.3 is 0 Å². The minimum absolute atomic E-state index is 0.0526. The fourth-order valence-corrected chi connectivity index (χ4v) is 4.20. The van der Waals surface area contributed by atoms with Gasteiger partial charge in [-0.2, -0.15) is 0 Å². The van der Waals surface area contributed by atoms with Gasteiger partial charge in [0.2, 0.25) is 5.91 Å². The molecule has 2 unspecified atom stereocenters. The lowest BCUT2D eigenvalue weighted by Crippen LogP contribution is -2.30. The summed E-state index contributed by atoms with van der Waals surface area (Å²) in [5.41, 5.74) is 1.83. The van der Waals surface area contributed by atoms with Crippen molar-refractivity contribution in [2.24, 2.45) is 0 Å². The molecule has 0 N–H and O–H groups in total. The van der Waals surface area contributed by atoms with Crippen LogP contribution >= 0.6 is 35.0 Å². The molecule has 1 amide bonds. The third kappa shape index (κ3) is 2.91. The van der Waals surface area contributed by atoms with E-state index in [9.17, 15) is 4.79 Å². The topological polar surface area (TPSA) is 20.3 Å². The van der Waals surface area contributed by atoms with Gasteiger partial charge in [-0.05, 0) is 30.7 Å². The van der Waals surface area contributed by atoms with Crippen LogP contribution in [0.5, 0.6) is 0 Å². The maximum Gasteiger partial charge on any atom is 0.241 e. The molecule has 2 nitrogen and oxygen atoms in total. The van der Waals surface area contributed by atoms with Crippen LogP contribution in [0.4, 0.5) is 5.69 Å². The average molecular weight is 338 g/mol. The highest BCUT2D eigenvalue weighted by Crippen LogP contribution is 2.46. The number of amides is 1. The summed E-state index contributed by atoms with van der Waals surface area (Å²) in [5.74, 6) is 0.0761. The van der Waals surface area contributed by atoms with Crippen LogP contribution in [-0.4, -0.2) is 11.2 Å². The van der Waals surface area contributed by atoms with E-state index in [0.717, 1.165) is 11.3 Å². The Bertz CT molecular complexity index is 657. The Hall–Kier alpha value is -1.16. The number of hydrogen-bond acceptors (Lipinski definition) is 2. The first kappa shape index (κ1) is 14.8. The molecule has 0 saturated carbocycles. The maximum atomic E-state index is 12.5. The molecule has 0 bridgehead atoms. The Balaban J connectivity index is 2.06. The lowest BCUT2D eigenvalue weighted by atomic mass is 10.2. The Labute approximate surface area is 138 Å². The molecule has 0 aliphatic carbocycles. The van der Waals surface area contributed by atoms with Gasteiger partial charge in [-0.1, -0.05) is 53.5 Å². The summed E-state index contributed by atoms with van der Waals surface area (Å²) in [6.07, 6.45) is 0. The number of thioether (sulfide) groups is 1. The Morgan fingerprint density at radius 2 is 1.67 bits per heavy atom. The second-order valence-corrected chi connectivity index (χ2v) is 7.18. The summed E-state index contributed by atoms with van der Waals surface area (Å²) in [6.45, 7) is 1.93. The van der Waals surface area contributed by atoms with E-state index in [4.69, 9.17) is 23.2 Å². The molecule has 2 aromatic carbocycles. The summed E-state index contributed by atoms with van der Waals surface area (Å²) in [5, 5.41) is 0.916. The minimum Gasteiger partial charge on any atom is -0.295 e. The van der Waals surface area contributed by atoms with Gasteiger partial charge in [-0.15, -0.1) is 11.8 Å². The Morgan fingerprint density at radius 1 is 1.05 bits per heavy atom. The summed E-state index contributed by atoms with van der Waals surface area (Å²) in [6, 6.07) is 15.2. The first-order valence-electron chi connectivity index (χ1n) is 6.56. The zero-order chi connectivity index (χ0) is 15.0. The van der Waals surface area contributed by atoms with E-state index in [2.05, 4.69) is 0 Å². The third-order valence-electron chi connectivity index (χ3n) is 3.36. The van der Waals surface area contributed by atoms with Crippen LogP contribution in [0, 0.1) is 0 Å². The van der Waals surface area contributed by atoms with E-state index in [1.165, 1.54) is 0 Å². The second kappa shape index (κ2) is 5.91. The van der Waals surface area contributed by atoms with Gasteiger partial charge < -0.3 is 0 Å². The number of halogens is 2. The van der Waals surface area contributed by atoms with Gasteiger partial charge in [0.1, 0.15) is 5.37 Å². The van der Waals surface area contributed by atoms with Crippen molar-refractivity contribution in [2.75, 3.05) is 4.90 Å². The summed E-state index contributed by atoms with van der Waals surface area (Å²) >= 11 is 13.8. The fraction of sp³-hybridized carbons (Fsp3) is 0.188. The molecule has 108 valence electrons. The van der Waals surface area contributed by atoms with Gasteiger partial charge in [0, 0.05) is 15.7 Å². The van der Waals surface area contributed by atoms with Crippen LogP contribution in [0.3, 0.4) is 0 Å². The van der Waals surface area contributed by atoms with E-state index in [-0.39, 0.29) is 16.5 Å². The molecule has 21 heavy (non-hydrogen) atoms. The lowest BCUT2D eigenvalue weighted by molar-refractivity contribution is -0.117. The molecule has 1 aliphatic heterocycles. The molecular formula is C16H13Cl2NOS. The molecular weight excluding hydrogens is 325 g/mol. The van der Waals surface area contributed by atoms with Crippen molar-refractivity contribution in [3.8, 4) is 0 Å². The van der Waals surface area contributed by atoms with E-state index in [0.29, 0.717) is 10.0 Å². The summed E-state index contributed by atoms with van der Waals surface area (Å²) in [4.78, 5) is 14.3. The van der Waals surface area contributed by atoms with Crippen molar-refractivity contribution >= 4 is 46.6 Å². The number of hydrogen-bond donors (Lipinski definition) is 0. The highest BCUT2D eigenvalue weighted by molar-refractivity contribution is 8.01. The Morgan fingerprint density at radius 3 is 2.29 bits per heavy atom. The van der Waals surface area contributed by atoms with E-state index in [1.807, 2.05) is 37.3 Å². The quantitative estimate of drug-likeness (QED) is 0.754. The largest absolute Gasteiger partial charge is 0.295 e. The number of carbonyl (C=O) groups is 1. The summed E-state index contributed by atoms with van der Waals surface area (Å²) in [7, 11) is 0. The van der Waals surface area contributed by atoms with Gasteiger partial charge in [-0.25, -0.2) is 0 Å². The van der Waals surface area contributed by atoms with Crippen molar-refractivity contribution < 1.29 is 4.79 Å². The van der Waals surface area contributed by atoms with Crippen LogP contribution in [0.1, 0.15) is 17.9 Å². The van der Waals surface area contributed by atoms with Crippen molar-refractivity contribution in [3.63, 3.8) is 0 Å². The zero-order valence-corrected chi connectivity index (χ0v) is 13.6. The highest BCUT2D eigenvalue weighted by atomic mass is 35.5. The number of nitrogens with zero attached hydrogens (tertiary/aromatic N) is 1.